The van der Waals surface area contributed by atoms with Gasteiger partial charge in [-0.25, -0.2) is 0 Å². The molecule has 3 N–H and O–H groups in total. The molecule has 0 aliphatic carbocycles. The Bertz CT molecular complexity index is 1590. The van der Waals surface area contributed by atoms with Gasteiger partial charge in [0.25, 0.3) is 0 Å². The molecule has 0 saturated carbocycles. The lowest BCUT2D eigenvalue weighted by atomic mass is 10.0. The number of anilines is 1. The first-order valence-electron chi connectivity index (χ1n) is 13.0. The van der Waals surface area contributed by atoms with E-state index >= 15 is 0 Å². The summed E-state index contributed by atoms with van der Waals surface area (Å²) >= 11 is 0. The molecule has 0 heterocycles. The summed E-state index contributed by atoms with van der Waals surface area (Å²) in [5, 5.41) is 24.0. The summed E-state index contributed by atoms with van der Waals surface area (Å²) < 4.78 is 0. The minimum atomic E-state index is 0.216. The van der Waals surface area contributed by atoms with Crippen LogP contribution in [0.1, 0.15) is 6.92 Å². The van der Waals surface area contributed by atoms with Gasteiger partial charge in [0.05, 0.1) is 5.69 Å². The fourth-order valence-corrected chi connectivity index (χ4v) is 4.16. The molecule has 0 radical (unpaired) electrons. The summed E-state index contributed by atoms with van der Waals surface area (Å²) in [7, 11) is 0. The molecular weight excluding hydrogens is 492 g/mol. The van der Waals surface area contributed by atoms with Crippen molar-refractivity contribution in [3.8, 4) is 33.8 Å². The quantitative estimate of drug-likeness (QED) is 0.110. The monoisotopic (exact) mass is 524 g/mol. The van der Waals surface area contributed by atoms with Gasteiger partial charge in [-0.1, -0.05) is 91.5 Å². The van der Waals surface area contributed by atoms with Gasteiger partial charge in [-0.3, -0.25) is 4.99 Å². The van der Waals surface area contributed by atoms with Gasteiger partial charge in [-0.2, -0.15) is 0 Å². The highest BCUT2D eigenvalue weighted by atomic mass is 16.3. The molecule has 0 aliphatic heterocycles. The molecule has 4 aromatic rings. The number of aliphatic imine (C=N–C) groups is 1. The molecule has 40 heavy (non-hydrogen) atoms. The van der Waals surface area contributed by atoms with E-state index in [2.05, 4.69) is 16.9 Å². The van der Waals surface area contributed by atoms with E-state index in [0.717, 1.165) is 44.8 Å². The number of rotatable bonds is 10. The van der Waals surface area contributed by atoms with Crippen molar-refractivity contribution in [2.45, 2.75) is 6.92 Å². The fraction of sp³-hybridized carbons (Fsp3) is 0.0278. The Morgan fingerprint density at radius 2 is 1.32 bits per heavy atom. The van der Waals surface area contributed by atoms with Gasteiger partial charge in [-0.15, -0.1) is 0 Å². The third-order valence-corrected chi connectivity index (χ3v) is 6.11. The van der Waals surface area contributed by atoms with Gasteiger partial charge < -0.3 is 15.5 Å². The van der Waals surface area contributed by atoms with Crippen LogP contribution in [0.3, 0.4) is 0 Å². The zero-order valence-electron chi connectivity index (χ0n) is 22.4. The maximum atomic E-state index is 10.3. The SMILES string of the molecule is C=C/C=C(\C=C/Nc1ccc(O)c(-c2ccccc2)c1)C(/C=C\C)=C/C=N/c1ccc(O)c(-c2ccccc2)c1. The molecule has 4 rings (SSSR count). The molecule has 0 amide bonds. The molecule has 4 aromatic carbocycles. The van der Waals surface area contributed by atoms with E-state index in [1.165, 1.54) is 0 Å². The predicted molar refractivity (Wildman–Crippen MR) is 169 cm³/mol. The van der Waals surface area contributed by atoms with E-state index in [-0.39, 0.29) is 11.5 Å². The van der Waals surface area contributed by atoms with E-state index in [1.807, 2.05) is 122 Å². The average Bonchev–Trinajstić information content (AvgIpc) is 2.99. The molecule has 0 bridgehead atoms. The molecule has 0 atom stereocenters. The summed E-state index contributed by atoms with van der Waals surface area (Å²) in [4.78, 5) is 4.61. The third kappa shape index (κ3) is 7.36. The van der Waals surface area contributed by atoms with Crippen LogP contribution in [0.2, 0.25) is 0 Å². The van der Waals surface area contributed by atoms with Crippen LogP contribution in [0.5, 0.6) is 11.5 Å². The summed E-state index contributed by atoms with van der Waals surface area (Å²) in [6.07, 6.45) is 15.2. The largest absolute Gasteiger partial charge is 0.507 e. The zero-order valence-corrected chi connectivity index (χ0v) is 22.4. The number of allylic oxidation sites excluding steroid dienone is 8. The number of nitrogens with zero attached hydrogens (tertiary/aromatic N) is 1. The lowest BCUT2D eigenvalue weighted by Gasteiger charge is -2.09. The van der Waals surface area contributed by atoms with E-state index in [1.54, 1.807) is 30.5 Å². The van der Waals surface area contributed by atoms with Crippen molar-refractivity contribution in [3.63, 3.8) is 0 Å². The minimum Gasteiger partial charge on any atom is -0.507 e. The molecule has 198 valence electrons. The van der Waals surface area contributed by atoms with Gasteiger partial charge in [0, 0.05) is 29.2 Å². The van der Waals surface area contributed by atoms with Crippen molar-refractivity contribution in [2.24, 2.45) is 4.99 Å². The Morgan fingerprint density at radius 3 is 1.95 bits per heavy atom. The Hall–Kier alpha value is -5.35. The molecule has 0 spiro atoms. The van der Waals surface area contributed by atoms with Crippen LogP contribution in [0.4, 0.5) is 11.4 Å². The van der Waals surface area contributed by atoms with E-state index in [4.69, 9.17) is 0 Å². The van der Waals surface area contributed by atoms with E-state index in [0.29, 0.717) is 0 Å². The normalized spacial score (nSPS) is 12.4. The first-order valence-corrected chi connectivity index (χ1v) is 13.0. The second-order valence-electron chi connectivity index (χ2n) is 8.90. The minimum absolute atomic E-state index is 0.216. The summed E-state index contributed by atoms with van der Waals surface area (Å²) in [6.45, 7) is 5.84. The molecule has 4 nitrogen and oxygen atoms in total. The number of nitrogens with one attached hydrogen (secondary N) is 1. The number of phenolic OH excluding ortho intramolecular Hbond substituents is 2. The number of benzene rings is 4. The van der Waals surface area contributed by atoms with Crippen LogP contribution in [0.25, 0.3) is 22.3 Å². The smallest absolute Gasteiger partial charge is 0.123 e. The Morgan fingerprint density at radius 1 is 0.725 bits per heavy atom. The first kappa shape index (κ1) is 27.7. The van der Waals surface area contributed by atoms with E-state index < -0.39 is 0 Å². The summed E-state index contributed by atoms with van der Waals surface area (Å²) in [5.74, 6) is 0.448. The standard InChI is InChI=1S/C36H32N2O2/c1-3-11-27(21-23-37-31-17-19-35(39)33(25-31)29-13-7-5-8-14-29)28(12-4-2)22-24-38-32-18-20-36(40)34(26-32)30-15-9-6-10-16-30/h3-26,37,39-40H,1H2,2H3/b12-4-,23-21-,27-11+,28-22+,38-24+. The van der Waals surface area contributed by atoms with Crippen molar-refractivity contribution < 1.29 is 10.2 Å². The number of aromatic hydroxyl groups is 2. The van der Waals surface area contributed by atoms with E-state index in [9.17, 15) is 10.2 Å². The van der Waals surface area contributed by atoms with Crippen molar-refractivity contribution in [1.29, 1.82) is 0 Å². The topological polar surface area (TPSA) is 64.8 Å². The van der Waals surface area contributed by atoms with Crippen LogP contribution in [0.15, 0.2) is 162 Å². The molecular formula is C36H32N2O2. The fourth-order valence-electron chi connectivity index (χ4n) is 4.16. The molecule has 0 saturated heterocycles. The third-order valence-electron chi connectivity index (χ3n) is 6.11. The highest BCUT2D eigenvalue weighted by Gasteiger charge is 2.06. The van der Waals surface area contributed by atoms with Crippen LogP contribution in [0, 0.1) is 0 Å². The van der Waals surface area contributed by atoms with Crippen molar-refractivity contribution in [3.05, 3.63) is 157 Å². The lowest BCUT2D eigenvalue weighted by Crippen LogP contribution is -1.91. The molecule has 0 aliphatic rings. The van der Waals surface area contributed by atoms with Crippen LogP contribution in [-0.4, -0.2) is 16.4 Å². The summed E-state index contributed by atoms with van der Waals surface area (Å²) in [6, 6.07) is 30.3. The van der Waals surface area contributed by atoms with Crippen molar-refractivity contribution in [2.75, 3.05) is 5.32 Å². The average molecular weight is 525 g/mol. The summed E-state index contributed by atoms with van der Waals surface area (Å²) in [5.41, 5.74) is 6.84. The highest BCUT2D eigenvalue weighted by molar-refractivity contribution is 5.80. The molecule has 0 aromatic heterocycles. The Kier molecular flexibility index (Phi) is 9.68. The number of phenols is 2. The van der Waals surface area contributed by atoms with Crippen LogP contribution >= 0.6 is 0 Å². The van der Waals surface area contributed by atoms with Gasteiger partial charge in [0.2, 0.25) is 0 Å². The van der Waals surface area contributed by atoms with Crippen molar-refractivity contribution in [1.82, 2.24) is 0 Å². The predicted octanol–water partition coefficient (Wildman–Crippen LogP) is 9.37. The highest BCUT2D eigenvalue weighted by Crippen LogP contribution is 2.33. The Labute approximate surface area is 236 Å². The molecule has 0 fully saturated rings. The molecule has 0 unspecified atom stereocenters. The number of hydrogen-bond acceptors (Lipinski definition) is 4. The second kappa shape index (κ2) is 14.0. The number of hydrogen-bond donors (Lipinski definition) is 3. The Balaban J connectivity index is 1.53. The zero-order chi connectivity index (χ0) is 28.2. The lowest BCUT2D eigenvalue weighted by molar-refractivity contribution is 0.477. The van der Waals surface area contributed by atoms with Crippen LogP contribution in [-0.2, 0) is 0 Å². The van der Waals surface area contributed by atoms with Gasteiger partial charge >= 0.3 is 0 Å². The van der Waals surface area contributed by atoms with Gasteiger partial charge in [0.1, 0.15) is 11.5 Å². The van der Waals surface area contributed by atoms with Gasteiger partial charge in [0.15, 0.2) is 0 Å². The molecule has 4 heteroatoms. The maximum absolute atomic E-state index is 10.3. The van der Waals surface area contributed by atoms with Crippen LogP contribution < -0.4 is 5.32 Å². The maximum Gasteiger partial charge on any atom is 0.123 e. The second-order valence-corrected chi connectivity index (χ2v) is 8.90. The van der Waals surface area contributed by atoms with Gasteiger partial charge in [-0.05, 0) is 77.7 Å². The van der Waals surface area contributed by atoms with Crippen molar-refractivity contribution >= 4 is 17.6 Å². The first-order chi connectivity index (χ1) is 19.6.